The summed E-state index contributed by atoms with van der Waals surface area (Å²) in [5, 5.41) is 8.19. The quantitative estimate of drug-likeness (QED) is 0.797. The summed E-state index contributed by atoms with van der Waals surface area (Å²) < 4.78 is 1.69. The highest BCUT2D eigenvalue weighted by atomic mass is 32.1. The Morgan fingerprint density at radius 1 is 1.50 bits per heavy atom. The van der Waals surface area contributed by atoms with Crippen molar-refractivity contribution in [1.82, 2.24) is 20.1 Å². The van der Waals surface area contributed by atoms with Gasteiger partial charge >= 0.3 is 0 Å². The maximum Gasteiger partial charge on any atom is 0.210 e. The molecule has 0 saturated heterocycles. The van der Waals surface area contributed by atoms with E-state index in [-0.39, 0.29) is 5.78 Å². The number of nitrogens with zero attached hydrogens (tertiary/aromatic N) is 3. The van der Waals surface area contributed by atoms with E-state index >= 15 is 0 Å². The van der Waals surface area contributed by atoms with Gasteiger partial charge in [0.2, 0.25) is 5.13 Å². The van der Waals surface area contributed by atoms with Crippen LogP contribution in [0.15, 0.2) is 12.4 Å². The molecule has 1 aliphatic heterocycles. The third-order valence-corrected chi connectivity index (χ3v) is 3.38. The van der Waals surface area contributed by atoms with Crippen LogP contribution in [0.4, 0.5) is 0 Å². The molecule has 0 saturated carbocycles. The van der Waals surface area contributed by atoms with Crippen molar-refractivity contribution in [3.63, 3.8) is 0 Å². The Bertz CT molecular complexity index is 557. The third-order valence-electron chi connectivity index (χ3n) is 2.47. The molecular weight excluding hydrogens is 224 g/mol. The minimum atomic E-state index is 0.0979. The minimum absolute atomic E-state index is 0.0979. The number of Topliss-reactive ketones (excluding diaryl/α,β-unsaturated/α-hetero) is 1. The van der Waals surface area contributed by atoms with Crippen LogP contribution in [-0.2, 0) is 6.54 Å². The van der Waals surface area contributed by atoms with Crippen LogP contribution in [0.2, 0.25) is 0 Å². The van der Waals surface area contributed by atoms with Crippen LogP contribution in [0.1, 0.15) is 20.9 Å². The van der Waals surface area contributed by atoms with E-state index < -0.39 is 0 Å². The van der Waals surface area contributed by atoms with E-state index in [9.17, 15) is 4.79 Å². The first kappa shape index (κ1) is 9.68. The first-order valence-electron chi connectivity index (χ1n) is 4.99. The normalized spacial score (nSPS) is 15.2. The van der Waals surface area contributed by atoms with E-state index in [1.54, 1.807) is 28.4 Å². The number of aryl methyl sites for hydroxylation is 1. The Kier molecular flexibility index (Phi) is 2.12. The highest BCUT2D eigenvalue weighted by Gasteiger charge is 2.21. The Labute approximate surface area is 96.1 Å². The summed E-state index contributed by atoms with van der Waals surface area (Å²) in [5.41, 5.74) is 1.52. The fourth-order valence-corrected chi connectivity index (χ4v) is 2.40. The largest absolute Gasteiger partial charge is 0.304 e. The van der Waals surface area contributed by atoms with Crippen molar-refractivity contribution in [3.05, 3.63) is 28.5 Å². The molecule has 0 unspecified atom stereocenters. The van der Waals surface area contributed by atoms with E-state index in [0.717, 1.165) is 15.7 Å². The Morgan fingerprint density at radius 2 is 2.38 bits per heavy atom. The number of hydrogen-bond acceptors (Lipinski definition) is 5. The van der Waals surface area contributed by atoms with Crippen LogP contribution in [-0.4, -0.2) is 27.1 Å². The highest BCUT2D eigenvalue weighted by Crippen LogP contribution is 2.19. The molecule has 0 aromatic carbocycles. The van der Waals surface area contributed by atoms with Gasteiger partial charge in [-0.15, -0.1) is 11.3 Å². The number of carbonyl (C=O) groups excluding carboxylic acids is 1. The second-order valence-corrected chi connectivity index (χ2v) is 4.93. The fourth-order valence-electron chi connectivity index (χ4n) is 1.71. The number of carbonyl (C=O) groups is 1. The average molecular weight is 234 g/mol. The number of ketones is 1. The molecule has 5 nitrogen and oxygen atoms in total. The van der Waals surface area contributed by atoms with Crippen molar-refractivity contribution in [1.29, 1.82) is 0 Å². The zero-order valence-electron chi connectivity index (χ0n) is 8.73. The van der Waals surface area contributed by atoms with Crippen molar-refractivity contribution in [3.8, 4) is 5.13 Å². The second-order valence-electron chi connectivity index (χ2n) is 3.71. The van der Waals surface area contributed by atoms with E-state index in [1.807, 2.05) is 6.92 Å². The van der Waals surface area contributed by atoms with Crippen LogP contribution in [0, 0.1) is 6.92 Å². The molecule has 0 fully saturated rings. The number of thiazole rings is 1. The summed E-state index contributed by atoms with van der Waals surface area (Å²) in [7, 11) is 0. The zero-order chi connectivity index (χ0) is 11.1. The molecule has 0 radical (unpaired) electrons. The molecule has 0 bridgehead atoms. The second kappa shape index (κ2) is 3.50. The predicted molar refractivity (Wildman–Crippen MR) is 60.0 cm³/mol. The van der Waals surface area contributed by atoms with E-state index in [0.29, 0.717) is 18.7 Å². The summed E-state index contributed by atoms with van der Waals surface area (Å²) in [5.74, 6) is 0.0979. The standard InChI is InChI=1S/C10H10N4OS/c1-6-2-12-10(16-6)14-5-7-8(13-14)3-11-4-9(7)15/h2,5,11H,3-4H2,1H3. The topological polar surface area (TPSA) is 59.8 Å². The molecule has 16 heavy (non-hydrogen) atoms. The monoisotopic (exact) mass is 234 g/mol. The van der Waals surface area contributed by atoms with Crippen LogP contribution < -0.4 is 5.32 Å². The van der Waals surface area contributed by atoms with Gasteiger partial charge in [-0.3, -0.25) is 4.79 Å². The first-order chi connectivity index (χ1) is 7.74. The number of nitrogens with one attached hydrogen (secondary N) is 1. The molecule has 0 spiro atoms. The number of hydrogen-bond donors (Lipinski definition) is 1. The molecule has 2 aromatic heterocycles. The van der Waals surface area contributed by atoms with Crippen LogP contribution in [0.5, 0.6) is 0 Å². The van der Waals surface area contributed by atoms with Gasteiger partial charge in [-0.2, -0.15) is 5.10 Å². The molecule has 6 heteroatoms. The van der Waals surface area contributed by atoms with Gasteiger partial charge in [-0.05, 0) is 6.92 Å². The van der Waals surface area contributed by atoms with Gasteiger partial charge in [-0.25, -0.2) is 9.67 Å². The average Bonchev–Trinajstić information content (AvgIpc) is 2.84. The lowest BCUT2D eigenvalue weighted by Crippen LogP contribution is -2.29. The smallest absolute Gasteiger partial charge is 0.210 e. The molecule has 0 atom stereocenters. The minimum Gasteiger partial charge on any atom is -0.304 e. The summed E-state index contributed by atoms with van der Waals surface area (Å²) in [4.78, 5) is 17.0. The van der Waals surface area contributed by atoms with E-state index in [2.05, 4.69) is 15.4 Å². The van der Waals surface area contributed by atoms with Gasteiger partial charge in [0.1, 0.15) is 0 Å². The molecule has 0 amide bonds. The van der Waals surface area contributed by atoms with Crippen molar-refractivity contribution in [2.45, 2.75) is 13.5 Å². The fraction of sp³-hybridized carbons (Fsp3) is 0.300. The Balaban J connectivity index is 2.07. The Hall–Kier alpha value is -1.53. The molecule has 2 aromatic rings. The number of fused-ring (bicyclic) bond motifs is 1. The van der Waals surface area contributed by atoms with E-state index in [4.69, 9.17) is 0 Å². The molecule has 82 valence electrons. The number of aromatic nitrogens is 3. The lowest BCUT2D eigenvalue weighted by Gasteiger charge is -2.08. The maximum absolute atomic E-state index is 11.6. The molecule has 1 N–H and O–H groups in total. The summed E-state index contributed by atoms with van der Waals surface area (Å²) in [6.07, 6.45) is 3.58. The van der Waals surface area contributed by atoms with Crippen LogP contribution in [0.25, 0.3) is 5.13 Å². The van der Waals surface area contributed by atoms with Gasteiger partial charge in [0, 0.05) is 23.8 Å². The summed E-state index contributed by atoms with van der Waals surface area (Å²) in [6, 6.07) is 0. The maximum atomic E-state index is 11.6. The first-order valence-corrected chi connectivity index (χ1v) is 5.81. The van der Waals surface area contributed by atoms with Gasteiger partial charge in [0.25, 0.3) is 0 Å². The van der Waals surface area contributed by atoms with Gasteiger partial charge < -0.3 is 5.32 Å². The molecule has 1 aliphatic rings. The van der Waals surface area contributed by atoms with Crippen LogP contribution >= 0.6 is 11.3 Å². The zero-order valence-corrected chi connectivity index (χ0v) is 9.54. The molecule has 0 aliphatic carbocycles. The summed E-state index contributed by atoms with van der Waals surface area (Å²) >= 11 is 1.56. The Morgan fingerprint density at radius 3 is 3.06 bits per heavy atom. The third kappa shape index (κ3) is 1.46. The molecule has 3 heterocycles. The van der Waals surface area contributed by atoms with Crippen molar-refractivity contribution < 1.29 is 4.79 Å². The highest BCUT2D eigenvalue weighted by molar-refractivity contribution is 7.13. The van der Waals surface area contributed by atoms with Gasteiger partial charge in [0.15, 0.2) is 5.78 Å². The van der Waals surface area contributed by atoms with Crippen molar-refractivity contribution in [2.24, 2.45) is 0 Å². The van der Waals surface area contributed by atoms with Crippen molar-refractivity contribution >= 4 is 17.1 Å². The SMILES string of the molecule is Cc1cnc(-n2cc3c(n2)CNCC3=O)s1. The van der Waals surface area contributed by atoms with Crippen LogP contribution in [0.3, 0.4) is 0 Å². The lowest BCUT2D eigenvalue weighted by atomic mass is 10.1. The molecular formula is C10H10N4OS. The predicted octanol–water partition coefficient (Wildman–Crippen LogP) is 0.923. The van der Waals surface area contributed by atoms with Gasteiger partial charge in [-0.1, -0.05) is 0 Å². The summed E-state index contributed by atoms with van der Waals surface area (Å²) in [6.45, 7) is 3.05. The number of rotatable bonds is 1. The van der Waals surface area contributed by atoms with E-state index in [1.165, 1.54) is 0 Å². The van der Waals surface area contributed by atoms with Crippen molar-refractivity contribution in [2.75, 3.05) is 6.54 Å². The lowest BCUT2D eigenvalue weighted by molar-refractivity contribution is 0.0982. The molecule has 3 rings (SSSR count). The van der Waals surface area contributed by atoms with Gasteiger partial charge in [0.05, 0.1) is 17.8 Å².